The van der Waals surface area contributed by atoms with Crippen molar-refractivity contribution in [3.8, 4) is 11.5 Å². The van der Waals surface area contributed by atoms with E-state index in [1.165, 1.54) is 6.08 Å². The quantitative estimate of drug-likeness (QED) is 0.737. The molecular weight excluding hydrogens is 340 g/mol. The van der Waals surface area contributed by atoms with Crippen LogP contribution >= 0.6 is 0 Å². The lowest BCUT2D eigenvalue weighted by atomic mass is 10.1. The fraction of sp³-hybridized carbons (Fsp3) is 0.174. The van der Waals surface area contributed by atoms with Gasteiger partial charge in [0.05, 0.1) is 14.2 Å². The van der Waals surface area contributed by atoms with Crippen molar-refractivity contribution >= 4 is 17.9 Å². The molecule has 0 aromatic heterocycles. The lowest BCUT2D eigenvalue weighted by Crippen LogP contribution is -1.98. The van der Waals surface area contributed by atoms with Gasteiger partial charge in [-0.05, 0) is 48.8 Å². The summed E-state index contributed by atoms with van der Waals surface area (Å²) in [5.41, 5.74) is 2.87. The molecule has 0 saturated carbocycles. The molecule has 0 unspecified atom stereocenters. The van der Waals surface area contributed by atoms with Crippen LogP contribution in [0.4, 0.5) is 0 Å². The third-order valence-corrected chi connectivity index (χ3v) is 4.55. The van der Waals surface area contributed by atoms with Gasteiger partial charge < -0.3 is 14.6 Å². The lowest BCUT2D eigenvalue weighted by molar-refractivity contribution is -0.111. The summed E-state index contributed by atoms with van der Waals surface area (Å²) in [6, 6.07) is 15.1. The number of hydrogen-bond acceptors (Lipinski definition) is 4. The maximum atomic E-state index is 12.6. The zero-order valence-corrected chi connectivity index (χ0v) is 15.4. The SMILES string of the molecule is COc1ccccc1/C=C1/CCC(C(=O)/C=C/c2ccccc2OC)=C1O. The Morgan fingerprint density at radius 3 is 2.19 bits per heavy atom. The van der Waals surface area contributed by atoms with Crippen molar-refractivity contribution in [1.29, 1.82) is 0 Å². The van der Waals surface area contributed by atoms with Gasteiger partial charge >= 0.3 is 0 Å². The van der Waals surface area contributed by atoms with Crippen LogP contribution < -0.4 is 9.47 Å². The second-order valence-corrected chi connectivity index (χ2v) is 6.18. The molecule has 4 heteroatoms. The summed E-state index contributed by atoms with van der Waals surface area (Å²) in [6.07, 6.45) is 6.20. The van der Waals surface area contributed by atoms with Crippen molar-refractivity contribution in [1.82, 2.24) is 0 Å². The number of methoxy groups -OCH3 is 2. The normalized spacial score (nSPS) is 15.6. The Labute approximate surface area is 159 Å². The van der Waals surface area contributed by atoms with Crippen molar-refractivity contribution in [2.75, 3.05) is 14.2 Å². The fourth-order valence-electron chi connectivity index (χ4n) is 3.11. The van der Waals surface area contributed by atoms with Gasteiger partial charge in [-0.1, -0.05) is 36.4 Å². The monoisotopic (exact) mass is 362 g/mol. The number of hydrogen-bond donors (Lipinski definition) is 1. The zero-order chi connectivity index (χ0) is 19.2. The summed E-state index contributed by atoms with van der Waals surface area (Å²) >= 11 is 0. The highest BCUT2D eigenvalue weighted by Crippen LogP contribution is 2.33. The summed E-state index contributed by atoms with van der Waals surface area (Å²) in [5, 5.41) is 10.5. The summed E-state index contributed by atoms with van der Waals surface area (Å²) in [6.45, 7) is 0. The predicted octanol–water partition coefficient (Wildman–Crippen LogP) is 4.98. The summed E-state index contributed by atoms with van der Waals surface area (Å²) in [4.78, 5) is 12.6. The Kier molecular flexibility index (Phi) is 5.77. The molecule has 3 rings (SSSR count). The van der Waals surface area contributed by atoms with Crippen LogP contribution in [-0.4, -0.2) is 25.1 Å². The minimum atomic E-state index is -0.193. The van der Waals surface area contributed by atoms with E-state index in [2.05, 4.69) is 0 Å². The smallest absolute Gasteiger partial charge is 0.185 e. The molecule has 0 radical (unpaired) electrons. The minimum Gasteiger partial charge on any atom is -0.507 e. The molecule has 1 aliphatic carbocycles. The van der Waals surface area contributed by atoms with E-state index in [0.717, 1.165) is 22.4 Å². The highest BCUT2D eigenvalue weighted by molar-refractivity contribution is 6.07. The fourth-order valence-corrected chi connectivity index (χ4v) is 3.11. The third-order valence-electron chi connectivity index (χ3n) is 4.55. The molecule has 2 aromatic carbocycles. The number of allylic oxidation sites excluding steroid dienone is 3. The van der Waals surface area contributed by atoms with Crippen LogP contribution in [-0.2, 0) is 4.79 Å². The number of ketones is 1. The van der Waals surface area contributed by atoms with Crippen LogP contribution in [0.2, 0.25) is 0 Å². The van der Waals surface area contributed by atoms with Crippen LogP contribution in [0.1, 0.15) is 24.0 Å². The number of aliphatic hydroxyl groups excluding tert-OH is 1. The summed E-state index contributed by atoms with van der Waals surface area (Å²) in [5.74, 6) is 1.30. The van der Waals surface area contributed by atoms with Gasteiger partial charge in [0.1, 0.15) is 17.3 Å². The van der Waals surface area contributed by atoms with E-state index >= 15 is 0 Å². The van der Waals surface area contributed by atoms with Crippen LogP contribution in [0, 0.1) is 0 Å². The van der Waals surface area contributed by atoms with Gasteiger partial charge in [0.25, 0.3) is 0 Å². The van der Waals surface area contributed by atoms with E-state index in [0.29, 0.717) is 24.2 Å². The predicted molar refractivity (Wildman–Crippen MR) is 107 cm³/mol. The molecule has 0 fully saturated rings. The average molecular weight is 362 g/mol. The lowest BCUT2D eigenvalue weighted by Gasteiger charge is -2.05. The van der Waals surface area contributed by atoms with Crippen molar-refractivity contribution < 1.29 is 19.4 Å². The van der Waals surface area contributed by atoms with Crippen LogP contribution in [0.25, 0.3) is 12.2 Å². The Bertz CT molecular complexity index is 935. The van der Waals surface area contributed by atoms with Gasteiger partial charge in [0, 0.05) is 16.7 Å². The number of para-hydroxylation sites is 2. The van der Waals surface area contributed by atoms with E-state index in [9.17, 15) is 9.90 Å². The van der Waals surface area contributed by atoms with E-state index in [1.807, 2.05) is 54.6 Å². The molecule has 0 atom stereocenters. The maximum absolute atomic E-state index is 12.6. The molecule has 0 aliphatic heterocycles. The standard InChI is InChI=1S/C23H22O4/c1-26-21-9-5-3-7-16(21)12-14-20(24)19-13-11-18(23(19)25)15-17-8-4-6-10-22(17)27-2/h3-10,12,14-15,25H,11,13H2,1-2H3/b14-12+,18-15-. The van der Waals surface area contributed by atoms with Gasteiger partial charge in [0.2, 0.25) is 0 Å². The van der Waals surface area contributed by atoms with Crippen molar-refractivity contribution in [2.45, 2.75) is 12.8 Å². The molecule has 1 N–H and O–H groups in total. The number of carbonyl (C=O) groups excluding carboxylic acids is 1. The third kappa shape index (κ3) is 4.11. The first-order valence-corrected chi connectivity index (χ1v) is 8.75. The number of carbonyl (C=O) groups is 1. The first kappa shape index (κ1) is 18.5. The first-order valence-electron chi connectivity index (χ1n) is 8.75. The van der Waals surface area contributed by atoms with Gasteiger partial charge in [0.15, 0.2) is 5.78 Å². The topological polar surface area (TPSA) is 55.8 Å². The van der Waals surface area contributed by atoms with Crippen molar-refractivity contribution in [3.63, 3.8) is 0 Å². The van der Waals surface area contributed by atoms with Gasteiger partial charge in [-0.25, -0.2) is 0 Å². The first-order chi connectivity index (χ1) is 13.1. The van der Waals surface area contributed by atoms with E-state index in [4.69, 9.17) is 9.47 Å². The summed E-state index contributed by atoms with van der Waals surface area (Å²) < 4.78 is 10.6. The second-order valence-electron chi connectivity index (χ2n) is 6.18. The van der Waals surface area contributed by atoms with Crippen LogP contribution in [0.3, 0.4) is 0 Å². The molecular formula is C23H22O4. The second kappa shape index (κ2) is 8.41. The molecule has 138 valence electrons. The van der Waals surface area contributed by atoms with E-state index < -0.39 is 0 Å². The molecule has 0 saturated heterocycles. The van der Waals surface area contributed by atoms with Gasteiger partial charge in [-0.2, -0.15) is 0 Å². The number of aliphatic hydroxyl groups is 1. The number of ether oxygens (including phenoxy) is 2. The average Bonchev–Trinajstić information content (AvgIpc) is 3.07. The minimum absolute atomic E-state index is 0.0654. The van der Waals surface area contributed by atoms with E-state index in [-0.39, 0.29) is 11.5 Å². The molecule has 4 nitrogen and oxygen atoms in total. The van der Waals surface area contributed by atoms with Gasteiger partial charge in [-0.3, -0.25) is 4.79 Å². The highest BCUT2D eigenvalue weighted by Gasteiger charge is 2.23. The van der Waals surface area contributed by atoms with E-state index in [1.54, 1.807) is 20.3 Å². The van der Waals surface area contributed by atoms with Crippen LogP contribution in [0.15, 0.2) is 71.5 Å². The molecule has 0 heterocycles. The molecule has 2 aromatic rings. The Balaban J connectivity index is 1.83. The maximum Gasteiger partial charge on any atom is 0.185 e. The van der Waals surface area contributed by atoms with Crippen LogP contribution in [0.5, 0.6) is 11.5 Å². The number of benzene rings is 2. The molecule has 27 heavy (non-hydrogen) atoms. The molecule has 0 spiro atoms. The number of rotatable bonds is 6. The molecule has 0 bridgehead atoms. The summed E-state index contributed by atoms with van der Waals surface area (Å²) in [7, 11) is 3.20. The Morgan fingerprint density at radius 2 is 1.52 bits per heavy atom. The van der Waals surface area contributed by atoms with Gasteiger partial charge in [-0.15, -0.1) is 0 Å². The highest BCUT2D eigenvalue weighted by atomic mass is 16.5. The molecule has 0 amide bonds. The zero-order valence-electron chi connectivity index (χ0n) is 15.4. The van der Waals surface area contributed by atoms with Crippen molar-refractivity contribution in [3.05, 3.63) is 82.6 Å². The largest absolute Gasteiger partial charge is 0.507 e. The Morgan fingerprint density at radius 1 is 0.926 bits per heavy atom. The Hall–Kier alpha value is -3.27. The molecule has 1 aliphatic rings. The van der Waals surface area contributed by atoms with Crippen molar-refractivity contribution in [2.24, 2.45) is 0 Å².